The minimum Gasteiger partial charge on any atom is -0.396 e. The number of anilines is 1. The molecule has 0 radical (unpaired) electrons. The molecule has 0 aliphatic carbocycles. The van der Waals surface area contributed by atoms with Gasteiger partial charge in [0.2, 0.25) is 0 Å². The lowest BCUT2D eigenvalue weighted by molar-refractivity contribution is 0.292. The molecule has 0 aromatic carbocycles. The van der Waals surface area contributed by atoms with Crippen molar-refractivity contribution in [1.82, 2.24) is 9.97 Å². The number of hydrogen-bond donors (Lipinski definition) is 2. The molecule has 5 heteroatoms. The van der Waals surface area contributed by atoms with Gasteiger partial charge in [-0.3, -0.25) is 0 Å². The second kappa shape index (κ2) is 4.99. The number of hydrogen-bond acceptors (Lipinski definition) is 4. The second-order valence-corrected chi connectivity index (χ2v) is 3.00. The van der Waals surface area contributed by atoms with Crippen molar-refractivity contribution < 1.29 is 5.11 Å². The van der Waals surface area contributed by atoms with E-state index in [2.05, 4.69) is 15.3 Å². The lowest BCUT2D eigenvalue weighted by Gasteiger charge is -2.07. The molecule has 1 heterocycles. The van der Waals surface area contributed by atoms with Crippen molar-refractivity contribution in [3.63, 3.8) is 0 Å². The standard InChI is InChI=1S/C8H12ClN3O/c1-6-7(9)11-5-12-8(6)10-3-2-4-13/h5,13H,2-4H2,1H3,(H,10,11,12). The molecule has 0 bridgehead atoms. The maximum absolute atomic E-state index is 8.57. The number of aliphatic hydroxyl groups excluding tert-OH is 1. The molecule has 0 saturated carbocycles. The minimum absolute atomic E-state index is 0.171. The van der Waals surface area contributed by atoms with Crippen molar-refractivity contribution in [3.05, 3.63) is 17.0 Å². The third kappa shape index (κ3) is 2.82. The van der Waals surface area contributed by atoms with Gasteiger partial charge in [0.1, 0.15) is 17.3 Å². The van der Waals surface area contributed by atoms with Crippen molar-refractivity contribution >= 4 is 17.4 Å². The van der Waals surface area contributed by atoms with Crippen molar-refractivity contribution in [1.29, 1.82) is 0 Å². The van der Waals surface area contributed by atoms with Crippen LogP contribution in [0.3, 0.4) is 0 Å². The Bertz CT molecular complexity index is 280. The Labute approximate surface area is 82.0 Å². The summed E-state index contributed by atoms with van der Waals surface area (Å²) >= 11 is 5.79. The quantitative estimate of drug-likeness (QED) is 0.569. The first-order valence-corrected chi connectivity index (χ1v) is 4.45. The normalized spacial score (nSPS) is 10.1. The maximum Gasteiger partial charge on any atom is 0.137 e. The average molecular weight is 202 g/mol. The first kappa shape index (κ1) is 10.2. The Morgan fingerprint density at radius 2 is 2.31 bits per heavy atom. The van der Waals surface area contributed by atoms with Gasteiger partial charge >= 0.3 is 0 Å². The molecule has 0 aliphatic heterocycles. The van der Waals surface area contributed by atoms with Gasteiger partial charge in [-0.05, 0) is 13.3 Å². The molecule has 0 unspecified atom stereocenters. The molecule has 0 aliphatic rings. The van der Waals surface area contributed by atoms with Crippen LogP contribution in [0.1, 0.15) is 12.0 Å². The van der Waals surface area contributed by atoms with Gasteiger partial charge in [-0.15, -0.1) is 0 Å². The zero-order chi connectivity index (χ0) is 9.68. The number of halogens is 1. The van der Waals surface area contributed by atoms with Crippen LogP contribution in [0.5, 0.6) is 0 Å². The van der Waals surface area contributed by atoms with E-state index < -0.39 is 0 Å². The van der Waals surface area contributed by atoms with E-state index in [0.717, 1.165) is 11.4 Å². The van der Waals surface area contributed by atoms with Gasteiger partial charge in [0.05, 0.1) is 0 Å². The molecular weight excluding hydrogens is 190 g/mol. The molecule has 0 fully saturated rings. The fourth-order valence-corrected chi connectivity index (χ4v) is 1.03. The number of aliphatic hydroxyl groups is 1. The molecule has 13 heavy (non-hydrogen) atoms. The van der Waals surface area contributed by atoms with E-state index in [1.807, 2.05) is 6.92 Å². The van der Waals surface area contributed by atoms with Gasteiger partial charge in [-0.25, -0.2) is 9.97 Å². The predicted molar refractivity (Wildman–Crippen MR) is 52.0 cm³/mol. The average Bonchev–Trinajstić information content (AvgIpc) is 2.13. The van der Waals surface area contributed by atoms with Crippen molar-refractivity contribution in [2.75, 3.05) is 18.5 Å². The molecule has 1 rings (SSSR count). The van der Waals surface area contributed by atoms with Crippen LogP contribution in [0, 0.1) is 6.92 Å². The van der Waals surface area contributed by atoms with Crippen LogP contribution < -0.4 is 5.32 Å². The summed E-state index contributed by atoms with van der Waals surface area (Å²) in [6.07, 6.45) is 2.11. The number of nitrogens with one attached hydrogen (secondary N) is 1. The molecule has 0 spiro atoms. The third-order valence-electron chi connectivity index (χ3n) is 1.65. The molecule has 0 amide bonds. The fourth-order valence-electron chi connectivity index (χ4n) is 0.893. The van der Waals surface area contributed by atoms with E-state index in [1.165, 1.54) is 6.33 Å². The van der Waals surface area contributed by atoms with Gasteiger partial charge < -0.3 is 10.4 Å². The fraction of sp³-hybridized carbons (Fsp3) is 0.500. The highest BCUT2D eigenvalue weighted by molar-refractivity contribution is 6.30. The summed E-state index contributed by atoms with van der Waals surface area (Å²) in [5.74, 6) is 0.730. The Hall–Kier alpha value is -0.870. The smallest absolute Gasteiger partial charge is 0.137 e. The Kier molecular flexibility index (Phi) is 3.92. The van der Waals surface area contributed by atoms with E-state index in [-0.39, 0.29) is 6.61 Å². The Morgan fingerprint density at radius 1 is 1.54 bits per heavy atom. The molecule has 2 N–H and O–H groups in total. The molecule has 4 nitrogen and oxygen atoms in total. The molecule has 0 saturated heterocycles. The van der Waals surface area contributed by atoms with E-state index in [1.54, 1.807) is 0 Å². The molecule has 1 aromatic heterocycles. The molecule has 72 valence electrons. The van der Waals surface area contributed by atoms with Crippen LogP contribution in [-0.2, 0) is 0 Å². The van der Waals surface area contributed by atoms with Crippen LogP contribution in [0.2, 0.25) is 5.15 Å². The van der Waals surface area contributed by atoms with E-state index in [9.17, 15) is 0 Å². The summed E-state index contributed by atoms with van der Waals surface area (Å²) in [5.41, 5.74) is 0.835. The number of rotatable bonds is 4. The molecular formula is C8H12ClN3O. The lowest BCUT2D eigenvalue weighted by atomic mass is 10.3. The van der Waals surface area contributed by atoms with Crippen molar-refractivity contribution in [3.8, 4) is 0 Å². The predicted octanol–water partition coefficient (Wildman–Crippen LogP) is 1.23. The summed E-state index contributed by atoms with van der Waals surface area (Å²) in [7, 11) is 0. The summed E-state index contributed by atoms with van der Waals surface area (Å²) in [6.45, 7) is 2.71. The van der Waals surface area contributed by atoms with E-state index in [4.69, 9.17) is 16.7 Å². The first-order chi connectivity index (χ1) is 6.25. The monoisotopic (exact) mass is 201 g/mol. The number of aromatic nitrogens is 2. The van der Waals surface area contributed by atoms with Crippen LogP contribution in [0.15, 0.2) is 6.33 Å². The molecule has 1 aromatic rings. The van der Waals surface area contributed by atoms with Gasteiger partial charge in [-0.2, -0.15) is 0 Å². The Balaban J connectivity index is 2.61. The lowest BCUT2D eigenvalue weighted by Crippen LogP contribution is -2.07. The minimum atomic E-state index is 0.171. The first-order valence-electron chi connectivity index (χ1n) is 4.07. The van der Waals surface area contributed by atoms with Crippen molar-refractivity contribution in [2.24, 2.45) is 0 Å². The number of nitrogens with zero attached hydrogens (tertiary/aromatic N) is 2. The van der Waals surface area contributed by atoms with Gasteiger partial charge in [0, 0.05) is 18.7 Å². The zero-order valence-corrected chi connectivity index (χ0v) is 8.17. The highest BCUT2D eigenvalue weighted by atomic mass is 35.5. The van der Waals surface area contributed by atoms with Gasteiger partial charge in [0.25, 0.3) is 0 Å². The third-order valence-corrected chi connectivity index (χ3v) is 2.03. The molecule has 0 atom stereocenters. The summed E-state index contributed by atoms with van der Waals surface area (Å²) in [5, 5.41) is 12.1. The Morgan fingerprint density at radius 3 is 3.00 bits per heavy atom. The highest BCUT2D eigenvalue weighted by Gasteiger charge is 2.02. The zero-order valence-electron chi connectivity index (χ0n) is 7.42. The summed E-state index contributed by atoms with van der Waals surface area (Å²) in [6, 6.07) is 0. The highest BCUT2D eigenvalue weighted by Crippen LogP contribution is 2.17. The summed E-state index contributed by atoms with van der Waals surface area (Å²) in [4.78, 5) is 7.86. The van der Waals surface area contributed by atoms with Crippen LogP contribution in [0.25, 0.3) is 0 Å². The second-order valence-electron chi connectivity index (χ2n) is 2.64. The SMILES string of the molecule is Cc1c(Cl)ncnc1NCCCO. The van der Waals surface area contributed by atoms with Crippen LogP contribution >= 0.6 is 11.6 Å². The van der Waals surface area contributed by atoms with Crippen molar-refractivity contribution in [2.45, 2.75) is 13.3 Å². The van der Waals surface area contributed by atoms with E-state index in [0.29, 0.717) is 18.1 Å². The largest absolute Gasteiger partial charge is 0.396 e. The van der Waals surface area contributed by atoms with E-state index >= 15 is 0 Å². The maximum atomic E-state index is 8.57. The topological polar surface area (TPSA) is 58.0 Å². The van der Waals surface area contributed by atoms with Crippen LogP contribution in [0.4, 0.5) is 5.82 Å². The van der Waals surface area contributed by atoms with Gasteiger partial charge in [0.15, 0.2) is 0 Å². The van der Waals surface area contributed by atoms with Crippen LogP contribution in [-0.4, -0.2) is 28.2 Å². The summed E-state index contributed by atoms with van der Waals surface area (Å²) < 4.78 is 0. The van der Waals surface area contributed by atoms with Gasteiger partial charge in [-0.1, -0.05) is 11.6 Å².